The first-order valence-electron chi connectivity index (χ1n) is 10.3. The van der Waals surface area contributed by atoms with Crippen molar-refractivity contribution in [2.45, 2.75) is 57.9 Å². The first-order chi connectivity index (χ1) is 13.0. The highest BCUT2D eigenvalue weighted by atomic mass is 16.5. The fourth-order valence-corrected chi connectivity index (χ4v) is 4.06. The molecule has 0 atom stereocenters. The lowest BCUT2D eigenvalue weighted by Gasteiger charge is -2.25. The lowest BCUT2D eigenvalue weighted by molar-refractivity contribution is -0.133. The van der Waals surface area contributed by atoms with E-state index in [-0.39, 0.29) is 11.8 Å². The molecule has 1 fully saturated rings. The quantitative estimate of drug-likeness (QED) is 0.796. The van der Waals surface area contributed by atoms with Crippen LogP contribution in [0.25, 0.3) is 0 Å². The molecule has 2 aliphatic rings. The molecule has 0 bridgehead atoms. The van der Waals surface area contributed by atoms with E-state index in [4.69, 9.17) is 4.74 Å². The summed E-state index contributed by atoms with van der Waals surface area (Å²) in [4.78, 5) is 28.2. The average molecular weight is 373 g/mol. The molecule has 0 spiro atoms. The number of amides is 2. The molecule has 0 unspecified atom stereocenters. The van der Waals surface area contributed by atoms with Crippen molar-refractivity contribution in [3.8, 4) is 5.75 Å². The number of benzene rings is 1. The summed E-state index contributed by atoms with van der Waals surface area (Å²) in [5, 5.41) is 0. The van der Waals surface area contributed by atoms with Gasteiger partial charge in [0, 0.05) is 39.0 Å². The number of aryl methyl sites for hydroxylation is 1. The van der Waals surface area contributed by atoms with Gasteiger partial charge in [0.2, 0.25) is 11.8 Å². The second-order valence-corrected chi connectivity index (χ2v) is 8.10. The molecule has 0 N–H and O–H groups in total. The highest BCUT2D eigenvalue weighted by Gasteiger charge is 2.24. The van der Waals surface area contributed by atoms with Crippen LogP contribution >= 0.6 is 0 Å². The maximum atomic E-state index is 12.8. The lowest BCUT2D eigenvalue weighted by Crippen LogP contribution is -2.34. The molecule has 3 rings (SSSR count). The molecule has 1 aliphatic carbocycles. The summed E-state index contributed by atoms with van der Waals surface area (Å²) < 4.78 is 5.87. The minimum absolute atomic E-state index is 0.130. The molecule has 1 aliphatic heterocycles. The van der Waals surface area contributed by atoms with Gasteiger partial charge in [0.25, 0.3) is 0 Å². The number of ether oxygens (including phenoxy) is 1. The third-order valence-corrected chi connectivity index (χ3v) is 5.77. The fraction of sp³-hybridized carbons (Fsp3) is 0.636. The van der Waals surface area contributed by atoms with Crippen molar-refractivity contribution in [1.82, 2.24) is 9.80 Å². The molecule has 2 amide bonds. The van der Waals surface area contributed by atoms with Crippen molar-refractivity contribution in [1.29, 1.82) is 0 Å². The SMILES string of the molecule is CN(C)C(=O)CCc1ccc2c(c1)CN(C(=O)CC1CCCCC1)CCO2. The zero-order valence-corrected chi connectivity index (χ0v) is 16.7. The number of rotatable bonds is 5. The summed E-state index contributed by atoms with van der Waals surface area (Å²) in [6, 6.07) is 6.12. The number of carbonyl (C=O) groups is 2. The summed E-state index contributed by atoms with van der Waals surface area (Å²) in [6.07, 6.45) is 8.10. The minimum Gasteiger partial charge on any atom is -0.491 e. The van der Waals surface area contributed by atoms with Crippen molar-refractivity contribution < 1.29 is 14.3 Å². The van der Waals surface area contributed by atoms with Crippen molar-refractivity contribution in [2.75, 3.05) is 27.2 Å². The van der Waals surface area contributed by atoms with Crippen molar-refractivity contribution in [3.63, 3.8) is 0 Å². The molecule has 0 aromatic heterocycles. The van der Waals surface area contributed by atoms with Crippen LogP contribution in [0.4, 0.5) is 0 Å². The van der Waals surface area contributed by atoms with E-state index in [0.29, 0.717) is 44.9 Å². The monoisotopic (exact) mass is 372 g/mol. The Morgan fingerprint density at radius 2 is 1.96 bits per heavy atom. The van der Waals surface area contributed by atoms with Crippen LogP contribution in [0.1, 0.15) is 56.1 Å². The molecule has 27 heavy (non-hydrogen) atoms. The predicted octanol–water partition coefficient (Wildman–Crippen LogP) is 3.40. The highest BCUT2D eigenvalue weighted by Crippen LogP contribution is 2.29. The smallest absolute Gasteiger partial charge is 0.223 e. The number of carbonyl (C=O) groups excluding carboxylic acids is 2. The molecule has 0 saturated heterocycles. The standard InChI is InChI=1S/C22H32N2O3/c1-23(2)21(25)11-9-18-8-10-20-19(14-18)16-24(12-13-27-20)22(26)15-17-6-4-3-5-7-17/h8,10,14,17H,3-7,9,11-13,15-16H2,1-2H3. The van der Waals surface area contributed by atoms with Gasteiger partial charge in [-0.1, -0.05) is 31.4 Å². The number of nitrogens with zero attached hydrogens (tertiary/aromatic N) is 2. The van der Waals surface area contributed by atoms with Gasteiger partial charge in [-0.2, -0.15) is 0 Å². The molecule has 0 radical (unpaired) electrons. The normalized spacial score (nSPS) is 17.6. The summed E-state index contributed by atoms with van der Waals surface area (Å²) in [6.45, 7) is 1.80. The third kappa shape index (κ3) is 5.47. The van der Waals surface area contributed by atoms with Crippen LogP contribution in [-0.2, 0) is 22.6 Å². The van der Waals surface area contributed by atoms with Gasteiger partial charge in [0.15, 0.2) is 0 Å². The Morgan fingerprint density at radius 3 is 2.70 bits per heavy atom. The maximum absolute atomic E-state index is 12.8. The molecule has 5 heteroatoms. The predicted molar refractivity (Wildman–Crippen MR) is 106 cm³/mol. The van der Waals surface area contributed by atoms with E-state index in [9.17, 15) is 9.59 Å². The Balaban J connectivity index is 1.63. The number of hydrogen-bond acceptors (Lipinski definition) is 3. The second-order valence-electron chi connectivity index (χ2n) is 8.10. The van der Waals surface area contributed by atoms with Gasteiger partial charge in [0.05, 0.1) is 6.54 Å². The van der Waals surface area contributed by atoms with Gasteiger partial charge in [-0.15, -0.1) is 0 Å². The molecule has 1 aromatic carbocycles. The van der Waals surface area contributed by atoms with Crippen LogP contribution in [0.2, 0.25) is 0 Å². The molecule has 5 nitrogen and oxygen atoms in total. The van der Waals surface area contributed by atoms with Gasteiger partial charge in [-0.25, -0.2) is 0 Å². The van der Waals surface area contributed by atoms with Gasteiger partial charge in [-0.05, 0) is 36.8 Å². The summed E-state index contributed by atoms with van der Waals surface area (Å²) in [5.74, 6) is 1.81. The second kappa shape index (κ2) is 9.25. The molecular weight excluding hydrogens is 340 g/mol. The van der Waals surface area contributed by atoms with Crippen LogP contribution in [0.15, 0.2) is 18.2 Å². The van der Waals surface area contributed by atoms with E-state index >= 15 is 0 Å². The topological polar surface area (TPSA) is 49.9 Å². The van der Waals surface area contributed by atoms with Gasteiger partial charge < -0.3 is 14.5 Å². The molecule has 148 valence electrons. The Bertz CT molecular complexity index is 666. The average Bonchev–Trinajstić information content (AvgIpc) is 2.88. The largest absolute Gasteiger partial charge is 0.491 e. The minimum atomic E-state index is 0.130. The number of hydrogen-bond donors (Lipinski definition) is 0. The van der Waals surface area contributed by atoms with Crippen molar-refractivity contribution in [2.24, 2.45) is 5.92 Å². The first kappa shape index (κ1) is 19.7. The lowest BCUT2D eigenvalue weighted by atomic mass is 9.86. The van der Waals surface area contributed by atoms with E-state index in [1.54, 1.807) is 19.0 Å². The van der Waals surface area contributed by atoms with E-state index in [1.165, 1.54) is 32.1 Å². The van der Waals surface area contributed by atoms with Crippen molar-refractivity contribution in [3.05, 3.63) is 29.3 Å². The molecule has 1 aromatic rings. The van der Waals surface area contributed by atoms with Crippen molar-refractivity contribution >= 4 is 11.8 Å². The Labute approximate surface area is 162 Å². The summed E-state index contributed by atoms with van der Waals surface area (Å²) in [7, 11) is 3.56. The number of fused-ring (bicyclic) bond motifs is 1. The zero-order valence-electron chi connectivity index (χ0n) is 16.7. The van der Waals surface area contributed by atoms with E-state index in [2.05, 4.69) is 6.07 Å². The van der Waals surface area contributed by atoms with Gasteiger partial charge in [0.1, 0.15) is 12.4 Å². The van der Waals surface area contributed by atoms with E-state index in [0.717, 1.165) is 16.9 Å². The molecule has 1 saturated carbocycles. The Morgan fingerprint density at radius 1 is 1.19 bits per heavy atom. The van der Waals surface area contributed by atoms with Crippen LogP contribution < -0.4 is 4.74 Å². The van der Waals surface area contributed by atoms with Gasteiger partial charge >= 0.3 is 0 Å². The maximum Gasteiger partial charge on any atom is 0.223 e. The van der Waals surface area contributed by atoms with Crippen LogP contribution in [0.3, 0.4) is 0 Å². The van der Waals surface area contributed by atoms with E-state index in [1.807, 2.05) is 17.0 Å². The van der Waals surface area contributed by atoms with Crippen LogP contribution in [-0.4, -0.2) is 48.9 Å². The fourth-order valence-electron chi connectivity index (χ4n) is 4.06. The van der Waals surface area contributed by atoms with Crippen LogP contribution in [0.5, 0.6) is 5.75 Å². The first-order valence-corrected chi connectivity index (χ1v) is 10.3. The van der Waals surface area contributed by atoms with E-state index < -0.39 is 0 Å². The Kier molecular flexibility index (Phi) is 6.75. The van der Waals surface area contributed by atoms with Gasteiger partial charge in [-0.3, -0.25) is 9.59 Å². The zero-order chi connectivity index (χ0) is 19.2. The molecule has 1 heterocycles. The Hall–Kier alpha value is -2.04. The summed E-state index contributed by atoms with van der Waals surface area (Å²) in [5.41, 5.74) is 2.17. The van der Waals surface area contributed by atoms with Crippen LogP contribution in [0, 0.1) is 5.92 Å². The molecular formula is C22H32N2O3. The summed E-state index contributed by atoms with van der Waals surface area (Å²) >= 11 is 0. The third-order valence-electron chi connectivity index (χ3n) is 5.77. The highest BCUT2D eigenvalue weighted by molar-refractivity contribution is 5.77.